The Labute approximate surface area is 142 Å². The highest BCUT2D eigenvalue weighted by Gasteiger charge is 2.23. The topological polar surface area (TPSA) is 83.5 Å². The van der Waals surface area contributed by atoms with Gasteiger partial charge in [0, 0.05) is 8.95 Å². The lowest BCUT2D eigenvalue weighted by Gasteiger charge is -2.10. The van der Waals surface area contributed by atoms with Crippen LogP contribution in [0.15, 0.2) is 37.4 Å². The molecule has 9 heteroatoms. The summed E-state index contributed by atoms with van der Waals surface area (Å²) in [5.41, 5.74) is 0.777. The Morgan fingerprint density at radius 1 is 1.29 bits per heavy atom. The van der Waals surface area contributed by atoms with Gasteiger partial charge >= 0.3 is 5.97 Å². The number of aryl methyl sites for hydroxylation is 1. The van der Waals surface area contributed by atoms with Crippen molar-refractivity contribution >= 4 is 64.9 Å². The molecule has 5 nitrogen and oxygen atoms in total. The first-order valence-electron chi connectivity index (χ1n) is 5.53. The van der Waals surface area contributed by atoms with E-state index in [1.807, 2.05) is 0 Å². The van der Waals surface area contributed by atoms with Crippen LogP contribution in [0.4, 0.5) is 5.69 Å². The minimum Gasteiger partial charge on any atom is -0.477 e. The summed E-state index contributed by atoms with van der Waals surface area (Å²) in [6.07, 6.45) is 0. The molecule has 0 aliphatic rings. The highest BCUT2D eigenvalue weighted by Crippen LogP contribution is 2.34. The first-order chi connectivity index (χ1) is 9.72. The standard InChI is InChI=1S/C12H9Br2NO4S2/c1-6-5-9(20-11(6)12(16)17)21(18,19)15-10-7(13)3-2-4-8(10)14/h2-5,15H,1H3,(H,16,17). The maximum Gasteiger partial charge on any atom is 0.346 e. The second-order valence-electron chi connectivity index (χ2n) is 4.08. The third-order valence-electron chi connectivity index (χ3n) is 2.55. The lowest BCUT2D eigenvalue weighted by molar-refractivity contribution is 0.0701. The molecule has 0 saturated heterocycles. The van der Waals surface area contributed by atoms with Gasteiger partial charge < -0.3 is 5.11 Å². The van der Waals surface area contributed by atoms with Gasteiger partial charge in [0.25, 0.3) is 10.0 Å². The molecule has 2 N–H and O–H groups in total. The smallest absolute Gasteiger partial charge is 0.346 e. The van der Waals surface area contributed by atoms with Crippen LogP contribution in [0.25, 0.3) is 0 Å². The van der Waals surface area contributed by atoms with E-state index < -0.39 is 16.0 Å². The van der Waals surface area contributed by atoms with Gasteiger partial charge in [-0.15, -0.1) is 11.3 Å². The summed E-state index contributed by atoms with van der Waals surface area (Å²) in [5, 5.41) is 9.00. The Bertz CT molecular complexity index is 794. The Morgan fingerprint density at radius 2 is 1.86 bits per heavy atom. The number of thiophene rings is 1. The van der Waals surface area contributed by atoms with Crippen molar-refractivity contribution in [2.45, 2.75) is 11.1 Å². The van der Waals surface area contributed by atoms with Gasteiger partial charge in [-0.05, 0) is 62.5 Å². The lowest BCUT2D eigenvalue weighted by Crippen LogP contribution is -2.12. The van der Waals surface area contributed by atoms with E-state index in [9.17, 15) is 13.2 Å². The summed E-state index contributed by atoms with van der Waals surface area (Å²) < 4.78 is 28.3. The number of rotatable bonds is 4. The SMILES string of the molecule is Cc1cc(S(=O)(=O)Nc2c(Br)cccc2Br)sc1C(=O)O. The fraction of sp³-hybridized carbons (Fsp3) is 0.0833. The summed E-state index contributed by atoms with van der Waals surface area (Å²) in [6.45, 7) is 1.56. The number of sulfonamides is 1. The number of aromatic carboxylic acids is 1. The molecular weight excluding hydrogens is 446 g/mol. The monoisotopic (exact) mass is 453 g/mol. The van der Waals surface area contributed by atoms with Crippen LogP contribution in [0.1, 0.15) is 15.2 Å². The molecule has 21 heavy (non-hydrogen) atoms. The highest BCUT2D eigenvalue weighted by molar-refractivity contribution is 9.11. The Balaban J connectivity index is 2.44. The van der Waals surface area contributed by atoms with E-state index in [-0.39, 0.29) is 9.09 Å². The van der Waals surface area contributed by atoms with E-state index >= 15 is 0 Å². The molecule has 0 saturated carbocycles. The van der Waals surface area contributed by atoms with Gasteiger partial charge in [-0.2, -0.15) is 0 Å². The van der Waals surface area contributed by atoms with Crippen molar-refractivity contribution in [3.63, 3.8) is 0 Å². The Kier molecular flexibility index (Phi) is 4.76. The van der Waals surface area contributed by atoms with Crippen LogP contribution in [0.5, 0.6) is 0 Å². The van der Waals surface area contributed by atoms with Crippen LogP contribution in [0, 0.1) is 6.92 Å². The first kappa shape index (κ1) is 16.5. The number of para-hydroxylation sites is 1. The molecule has 0 radical (unpaired) electrons. The highest BCUT2D eigenvalue weighted by atomic mass is 79.9. The molecular formula is C12H9Br2NO4S2. The van der Waals surface area contributed by atoms with Crippen molar-refractivity contribution in [2.75, 3.05) is 4.72 Å². The van der Waals surface area contributed by atoms with Crippen molar-refractivity contribution in [3.8, 4) is 0 Å². The first-order valence-corrected chi connectivity index (χ1v) is 9.41. The van der Waals surface area contributed by atoms with Crippen LogP contribution < -0.4 is 4.72 Å². The average Bonchev–Trinajstić information content (AvgIpc) is 2.77. The predicted molar refractivity (Wildman–Crippen MR) is 88.7 cm³/mol. The fourth-order valence-electron chi connectivity index (χ4n) is 1.58. The summed E-state index contributed by atoms with van der Waals surface area (Å²) in [6, 6.07) is 6.50. The summed E-state index contributed by atoms with van der Waals surface area (Å²) >= 11 is 7.26. The summed E-state index contributed by atoms with van der Waals surface area (Å²) in [7, 11) is -3.85. The fourth-order valence-corrected chi connectivity index (χ4v) is 5.52. The maximum absolute atomic E-state index is 12.4. The molecule has 1 heterocycles. The number of carbonyl (C=O) groups is 1. The number of hydrogen-bond acceptors (Lipinski definition) is 4. The predicted octanol–water partition coefficient (Wildman–Crippen LogP) is 4.08. The number of nitrogens with one attached hydrogen (secondary N) is 1. The van der Waals surface area contributed by atoms with Crippen molar-refractivity contribution in [1.29, 1.82) is 0 Å². The third-order valence-corrected chi connectivity index (χ3v) is 6.92. The average molecular weight is 455 g/mol. The number of hydrogen-bond donors (Lipinski definition) is 2. The molecule has 0 bridgehead atoms. The van der Waals surface area contributed by atoms with Crippen LogP contribution in [0.2, 0.25) is 0 Å². The van der Waals surface area contributed by atoms with Crippen LogP contribution in [-0.4, -0.2) is 19.5 Å². The van der Waals surface area contributed by atoms with Gasteiger partial charge in [0.1, 0.15) is 9.09 Å². The van der Waals surface area contributed by atoms with Crippen LogP contribution in [-0.2, 0) is 10.0 Å². The van der Waals surface area contributed by atoms with Crippen molar-refractivity contribution in [2.24, 2.45) is 0 Å². The quantitative estimate of drug-likeness (QED) is 0.728. The van der Waals surface area contributed by atoms with Crippen LogP contribution >= 0.6 is 43.2 Å². The van der Waals surface area contributed by atoms with E-state index in [1.165, 1.54) is 6.07 Å². The van der Waals surface area contributed by atoms with Gasteiger partial charge in [-0.1, -0.05) is 6.07 Å². The van der Waals surface area contributed by atoms with Gasteiger partial charge in [0.05, 0.1) is 5.69 Å². The van der Waals surface area contributed by atoms with E-state index in [0.717, 1.165) is 11.3 Å². The zero-order valence-electron chi connectivity index (χ0n) is 10.6. The molecule has 0 aliphatic carbocycles. The van der Waals surface area contributed by atoms with Crippen molar-refractivity contribution < 1.29 is 18.3 Å². The van der Waals surface area contributed by atoms with E-state index in [0.29, 0.717) is 20.2 Å². The second kappa shape index (κ2) is 6.07. The van der Waals surface area contributed by atoms with Crippen molar-refractivity contribution in [3.05, 3.63) is 43.7 Å². The molecule has 0 spiro atoms. The number of benzene rings is 1. The molecule has 0 unspecified atom stereocenters. The second-order valence-corrected chi connectivity index (χ2v) is 8.75. The normalized spacial score (nSPS) is 11.4. The number of carboxylic acids is 1. The van der Waals surface area contributed by atoms with E-state index in [1.54, 1.807) is 25.1 Å². The lowest BCUT2D eigenvalue weighted by atomic mass is 10.3. The number of carboxylic acid groups (broad SMARTS) is 1. The maximum atomic E-state index is 12.4. The molecule has 2 rings (SSSR count). The molecule has 112 valence electrons. The molecule has 2 aromatic rings. The molecule has 0 aliphatic heterocycles. The van der Waals surface area contributed by atoms with Gasteiger partial charge in [-0.25, -0.2) is 13.2 Å². The molecule has 1 aromatic heterocycles. The number of halogens is 2. The molecule has 0 amide bonds. The van der Waals surface area contributed by atoms with Gasteiger partial charge in [-0.3, -0.25) is 4.72 Å². The largest absolute Gasteiger partial charge is 0.477 e. The molecule has 0 atom stereocenters. The Hall–Kier alpha value is -0.900. The minimum atomic E-state index is -3.85. The Morgan fingerprint density at radius 3 is 2.33 bits per heavy atom. The van der Waals surface area contributed by atoms with Crippen LogP contribution in [0.3, 0.4) is 0 Å². The van der Waals surface area contributed by atoms with Gasteiger partial charge in [0.15, 0.2) is 0 Å². The summed E-state index contributed by atoms with van der Waals surface area (Å²) in [5.74, 6) is -1.14. The third kappa shape index (κ3) is 3.47. The minimum absolute atomic E-state index is 0.0153. The zero-order valence-corrected chi connectivity index (χ0v) is 15.4. The summed E-state index contributed by atoms with van der Waals surface area (Å²) in [4.78, 5) is 11.0. The molecule has 0 fully saturated rings. The van der Waals surface area contributed by atoms with E-state index in [2.05, 4.69) is 36.6 Å². The number of anilines is 1. The van der Waals surface area contributed by atoms with E-state index in [4.69, 9.17) is 5.11 Å². The van der Waals surface area contributed by atoms with Crippen molar-refractivity contribution in [1.82, 2.24) is 0 Å². The van der Waals surface area contributed by atoms with Gasteiger partial charge in [0.2, 0.25) is 0 Å². The molecule has 1 aromatic carbocycles. The zero-order chi connectivity index (χ0) is 15.8.